The predicted octanol–water partition coefficient (Wildman–Crippen LogP) is 3.12. The maximum atomic E-state index is 13.6. The van der Waals surface area contributed by atoms with Crippen molar-refractivity contribution in [3.05, 3.63) is 77.6 Å². The van der Waals surface area contributed by atoms with Crippen LogP contribution in [0.25, 0.3) is 10.8 Å². The van der Waals surface area contributed by atoms with Crippen LogP contribution in [-0.2, 0) is 14.8 Å². The van der Waals surface area contributed by atoms with Gasteiger partial charge in [-0.2, -0.15) is 4.31 Å². The van der Waals surface area contributed by atoms with Crippen LogP contribution in [0.3, 0.4) is 0 Å². The fourth-order valence-corrected chi connectivity index (χ4v) is 6.37. The van der Waals surface area contributed by atoms with E-state index in [2.05, 4.69) is 10.6 Å². The number of ether oxygens (including phenoxy) is 1. The molecule has 1 saturated carbocycles. The lowest BCUT2D eigenvalue weighted by Crippen LogP contribution is -2.55. The summed E-state index contributed by atoms with van der Waals surface area (Å²) in [6, 6.07) is 17.1. The van der Waals surface area contributed by atoms with Crippen molar-refractivity contribution in [3.63, 3.8) is 0 Å². The summed E-state index contributed by atoms with van der Waals surface area (Å²) in [7, 11) is -1.73. The Labute approximate surface area is 246 Å². The Hall–Kier alpha value is -3.54. The van der Waals surface area contributed by atoms with E-state index in [9.17, 15) is 22.4 Å². The van der Waals surface area contributed by atoms with E-state index in [1.807, 2.05) is 36.4 Å². The molecule has 0 radical (unpaired) electrons. The molecule has 1 aliphatic carbocycles. The number of carbonyl (C=O) groups is 2. The van der Waals surface area contributed by atoms with E-state index >= 15 is 0 Å². The molecule has 3 aromatic rings. The predicted molar refractivity (Wildman–Crippen MR) is 160 cm³/mol. The van der Waals surface area contributed by atoms with Gasteiger partial charge in [-0.25, -0.2) is 12.8 Å². The SMILES string of the molecule is COc1ccc2cc(C(=O)N[C@@H](CCCN[C@@H]3C[C@H]3c3ccc(F)cc3)C(=O)N3CCN(S(C)(=O)=O)CC3)ccc2c1. The summed E-state index contributed by atoms with van der Waals surface area (Å²) >= 11 is 0. The van der Waals surface area contributed by atoms with E-state index in [4.69, 9.17) is 4.74 Å². The van der Waals surface area contributed by atoms with Gasteiger partial charge < -0.3 is 20.3 Å². The van der Waals surface area contributed by atoms with Gasteiger partial charge in [0.1, 0.15) is 17.6 Å². The molecular formula is C31H37FN4O5S. The minimum Gasteiger partial charge on any atom is -0.497 e. The summed E-state index contributed by atoms with van der Waals surface area (Å²) in [4.78, 5) is 28.6. The first-order valence-corrected chi connectivity index (χ1v) is 16.1. The summed E-state index contributed by atoms with van der Waals surface area (Å²) in [6.07, 6.45) is 3.23. The highest BCUT2D eigenvalue weighted by molar-refractivity contribution is 7.88. The van der Waals surface area contributed by atoms with Crippen LogP contribution in [0.4, 0.5) is 4.39 Å². The second kappa shape index (κ2) is 12.8. The van der Waals surface area contributed by atoms with Gasteiger partial charge in [0.05, 0.1) is 13.4 Å². The van der Waals surface area contributed by atoms with Crippen LogP contribution in [0.2, 0.25) is 0 Å². The summed E-state index contributed by atoms with van der Waals surface area (Å²) in [6.45, 7) is 1.67. The second-order valence-corrected chi connectivity index (χ2v) is 13.0. The van der Waals surface area contributed by atoms with Crippen molar-refractivity contribution in [2.24, 2.45) is 0 Å². The number of sulfonamides is 1. The average Bonchev–Trinajstić information content (AvgIpc) is 3.77. The fourth-order valence-electron chi connectivity index (χ4n) is 5.54. The molecule has 3 atom stereocenters. The molecule has 42 heavy (non-hydrogen) atoms. The Morgan fingerprint density at radius 3 is 2.38 bits per heavy atom. The van der Waals surface area contributed by atoms with Gasteiger partial charge in [0.15, 0.2) is 0 Å². The van der Waals surface area contributed by atoms with Crippen LogP contribution in [0, 0.1) is 5.82 Å². The molecule has 9 nitrogen and oxygen atoms in total. The van der Waals surface area contributed by atoms with Crippen molar-refractivity contribution in [1.82, 2.24) is 19.8 Å². The van der Waals surface area contributed by atoms with Crippen molar-refractivity contribution in [1.29, 1.82) is 0 Å². The number of nitrogens with zero attached hydrogens (tertiary/aromatic N) is 2. The molecule has 2 amide bonds. The standard InChI is InChI=1S/C31H37FN4O5S/c1-41-26-12-9-22-18-24(6-5-23(22)19-26)30(37)34-28(31(38)35-14-16-36(17-15-35)42(2,39)40)4-3-13-33-29-20-27(29)21-7-10-25(32)11-8-21/h5-12,18-19,27-29,33H,3-4,13-17,20H2,1-2H3,(H,34,37)/t27-,28-,29+/m0/s1. The number of halogens is 1. The van der Waals surface area contributed by atoms with Crippen LogP contribution < -0.4 is 15.4 Å². The minimum absolute atomic E-state index is 0.211. The van der Waals surface area contributed by atoms with E-state index < -0.39 is 16.1 Å². The number of amides is 2. The monoisotopic (exact) mass is 596 g/mol. The van der Waals surface area contributed by atoms with Gasteiger partial charge in [-0.15, -0.1) is 0 Å². The molecule has 5 rings (SSSR count). The van der Waals surface area contributed by atoms with Crippen molar-refractivity contribution >= 4 is 32.6 Å². The quantitative estimate of drug-likeness (QED) is 0.330. The first-order valence-electron chi connectivity index (χ1n) is 14.2. The Kier molecular flexibility index (Phi) is 9.10. The molecule has 1 saturated heterocycles. The largest absolute Gasteiger partial charge is 0.497 e. The van der Waals surface area contributed by atoms with Gasteiger partial charge >= 0.3 is 0 Å². The summed E-state index contributed by atoms with van der Waals surface area (Å²) < 4.78 is 43.8. The van der Waals surface area contributed by atoms with E-state index in [0.29, 0.717) is 36.9 Å². The Bertz CT molecular complexity index is 1540. The molecule has 0 spiro atoms. The number of carbonyl (C=O) groups excluding carboxylic acids is 2. The number of piperazine rings is 1. The van der Waals surface area contributed by atoms with E-state index in [1.54, 1.807) is 24.1 Å². The molecule has 2 aliphatic rings. The number of fused-ring (bicyclic) bond motifs is 1. The van der Waals surface area contributed by atoms with E-state index in [1.165, 1.54) is 22.7 Å². The molecule has 1 aliphatic heterocycles. The average molecular weight is 597 g/mol. The van der Waals surface area contributed by atoms with Crippen molar-refractivity contribution in [3.8, 4) is 5.75 Å². The molecule has 0 aromatic heterocycles. The van der Waals surface area contributed by atoms with Gasteiger partial charge in [0.2, 0.25) is 15.9 Å². The number of benzene rings is 3. The third-order valence-corrected chi connectivity index (χ3v) is 9.40. The van der Waals surface area contributed by atoms with E-state index in [0.717, 1.165) is 28.5 Å². The summed E-state index contributed by atoms with van der Waals surface area (Å²) in [5.41, 5.74) is 1.56. The lowest BCUT2D eigenvalue weighted by molar-refractivity contribution is -0.134. The topological polar surface area (TPSA) is 108 Å². The zero-order valence-electron chi connectivity index (χ0n) is 23.9. The highest BCUT2D eigenvalue weighted by Gasteiger charge is 2.38. The Morgan fingerprint density at radius 1 is 1.00 bits per heavy atom. The van der Waals surface area contributed by atoms with Gasteiger partial charge in [-0.05, 0) is 78.5 Å². The minimum atomic E-state index is -3.33. The second-order valence-electron chi connectivity index (χ2n) is 11.0. The lowest BCUT2D eigenvalue weighted by atomic mass is 10.0. The molecule has 11 heteroatoms. The van der Waals surface area contributed by atoms with Gasteiger partial charge in [0.25, 0.3) is 5.91 Å². The molecule has 2 N–H and O–H groups in total. The highest BCUT2D eigenvalue weighted by Crippen LogP contribution is 2.40. The fraction of sp³-hybridized carbons (Fsp3) is 0.419. The third kappa shape index (κ3) is 7.26. The molecule has 3 aromatic carbocycles. The molecule has 0 bridgehead atoms. The van der Waals surface area contributed by atoms with Gasteiger partial charge in [0, 0.05) is 43.7 Å². The molecule has 0 unspecified atom stereocenters. The number of hydrogen-bond donors (Lipinski definition) is 2. The van der Waals surface area contributed by atoms with Crippen LogP contribution in [-0.4, -0.2) is 87.6 Å². The van der Waals surface area contributed by atoms with Crippen molar-refractivity contribution < 1.29 is 27.1 Å². The van der Waals surface area contributed by atoms with Gasteiger partial charge in [-0.3, -0.25) is 9.59 Å². The number of rotatable bonds is 11. The molecule has 224 valence electrons. The first kappa shape index (κ1) is 29.9. The Balaban J connectivity index is 1.21. The van der Waals surface area contributed by atoms with Crippen LogP contribution in [0.1, 0.15) is 41.1 Å². The lowest BCUT2D eigenvalue weighted by Gasteiger charge is -2.35. The molecule has 1 heterocycles. The normalized spacial score (nSPS) is 19.8. The zero-order chi connectivity index (χ0) is 29.9. The zero-order valence-corrected chi connectivity index (χ0v) is 24.7. The third-order valence-electron chi connectivity index (χ3n) is 8.10. The van der Waals surface area contributed by atoms with Crippen LogP contribution in [0.5, 0.6) is 5.75 Å². The number of methoxy groups -OCH3 is 1. The molecular weight excluding hydrogens is 559 g/mol. The number of hydrogen-bond acceptors (Lipinski definition) is 6. The van der Waals surface area contributed by atoms with Crippen molar-refractivity contribution in [2.75, 3.05) is 46.1 Å². The first-order chi connectivity index (χ1) is 20.1. The van der Waals surface area contributed by atoms with Gasteiger partial charge in [-0.1, -0.05) is 24.3 Å². The Morgan fingerprint density at radius 2 is 1.69 bits per heavy atom. The maximum Gasteiger partial charge on any atom is 0.251 e. The molecule has 2 fully saturated rings. The summed E-state index contributed by atoms with van der Waals surface area (Å²) in [5.74, 6) is 0.278. The van der Waals surface area contributed by atoms with Crippen molar-refractivity contribution in [2.45, 2.75) is 37.3 Å². The smallest absolute Gasteiger partial charge is 0.251 e. The highest BCUT2D eigenvalue weighted by atomic mass is 32.2. The van der Waals surface area contributed by atoms with E-state index in [-0.39, 0.29) is 43.8 Å². The van der Waals surface area contributed by atoms with Crippen LogP contribution >= 0.6 is 0 Å². The number of nitrogens with one attached hydrogen (secondary N) is 2. The summed E-state index contributed by atoms with van der Waals surface area (Å²) in [5, 5.41) is 8.29. The maximum absolute atomic E-state index is 13.6. The van der Waals surface area contributed by atoms with Crippen LogP contribution in [0.15, 0.2) is 60.7 Å².